The van der Waals surface area contributed by atoms with E-state index in [1.807, 2.05) is 18.2 Å². The molecule has 136 valence electrons. The van der Waals surface area contributed by atoms with Gasteiger partial charge in [0.15, 0.2) is 6.61 Å². The highest BCUT2D eigenvalue weighted by molar-refractivity contribution is 6.31. The van der Waals surface area contributed by atoms with E-state index in [9.17, 15) is 9.59 Å². The lowest BCUT2D eigenvalue weighted by molar-refractivity contribution is -0.133. The lowest BCUT2D eigenvalue weighted by atomic mass is 10.2. The molecule has 1 aliphatic rings. The number of amides is 2. The number of para-hydroxylation sites is 1. The highest BCUT2D eigenvalue weighted by atomic mass is 35.5. The van der Waals surface area contributed by atoms with Crippen LogP contribution in [-0.2, 0) is 4.79 Å². The fraction of sp³-hybridized carbons (Fsp3) is 0.263. The first-order chi connectivity index (χ1) is 12.5. The molecule has 26 heavy (non-hydrogen) atoms. The van der Waals surface area contributed by atoms with E-state index in [1.54, 1.807) is 17.0 Å². The molecule has 2 N–H and O–H groups in total. The van der Waals surface area contributed by atoms with Crippen LogP contribution < -0.4 is 15.4 Å². The molecule has 2 aromatic rings. The molecule has 1 fully saturated rings. The largest absolute Gasteiger partial charge is 0.483 e. The molecule has 2 amide bonds. The number of ether oxygens (including phenoxy) is 1. The SMILES string of the molecule is NC(=O)c1cc(Cl)ccc1OCC(=O)N1CCN(c2ccccc2)CC1. The van der Waals surface area contributed by atoms with Crippen molar-refractivity contribution < 1.29 is 14.3 Å². The molecular weight excluding hydrogens is 354 g/mol. The summed E-state index contributed by atoms with van der Waals surface area (Å²) in [5, 5.41) is 0.384. The Kier molecular flexibility index (Phi) is 5.63. The van der Waals surface area contributed by atoms with Gasteiger partial charge in [0.25, 0.3) is 11.8 Å². The van der Waals surface area contributed by atoms with Crippen molar-refractivity contribution in [3.05, 3.63) is 59.1 Å². The van der Waals surface area contributed by atoms with Gasteiger partial charge in [-0.05, 0) is 30.3 Å². The number of nitrogens with zero attached hydrogens (tertiary/aromatic N) is 2. The normalized spacial score (nSPS) is 14.2. The van der Waals surface area contributed by atoms with Crippen molar-refractivity contribution in [3.63, 3.8) is 0 Å². The van der Waals surface area contributed by atoms with Gasteiger partial charge >= 0.3 is 0 Å². The number of hydrogen-bond acceptors (Lipinski definition) is 4. The van der Waals surface area contributed by atoms with Crippen molar-refractivity contribution in [2.45, 2.75) is 0 Å². The Hall–Kier alpha value is -2.73. The Bertz CT molecular complexity index is 790. The van der Waals surface area contributed by atoms with Crippen LogP contribution in [-0.4, -0.2) is 49.5 Å². The number of piperazine rings is 1. The number of carbonyl (C=O) groups is 2. The Morgan fingerprint density at radius 3 is 2.38 bits per heavy atom. The van der Waals surface area contributed by atoms with Gasteiger partial charge in [-0.25, -0.2) is 0 Å². The van der Waals surface area contributed by atoms with Gasteiger partial charge in [-0.2, -0.15) is 0 Å². The maximum Gasteiger partial charge on any atom is 0.260 e. The number of halogens is 1. The van der Waals surface area contributed by atoms with Gasteiger partial charge < -0.3 is 20.3 Å². The molecule has 1 saturated heterocycles. The van der Waals surface area contributed by atoms with Crippen molar-refractivity contribution in [3.8, 4) is 5.75 Å². The van der Waals surface area contributed by atoms with Crippen LogP contribution in [0.25, 0.3) is 0 Å². The Balaban J connectivity index is 1.55. The Morgan fingerprint density at radius 1 is 1.04 bits per heavy atom. The molecule has 1 heterocycles. The first-order valence-electron chi connectivity index (χ1n) is 8.34. The number of benzene rings is 2. The van der Waals surface area contributed by atoms with Gasteiger partial charge in [0.2, 0.25) is 0 Å². The summed E-state index contributed by atoms with van der Waals surface area (Å²) in [5.41, 5.74) is 6.65. The third-order valence-electron chi connectivity index (χ3n) is 4.31. The summed E-state index contributed by atoms with van der Waals surface area (Å²) in [5.74, 6) is -0.507. The van der Waals surface area contributed by atoms with E-state index in [0.29, 0.717) is 18.1 Å². The van der Waals surface area contributed by atoms with Crippen LogP contribution in [0, 0.1) is 0 Å². The van der Waals surface area contributed by atoms with Crippen molar-refractivity contribution in [1.29, 1.82) is 0 Å². The first-order valence-corrected chi connectivity index (χ1v) is 8.72. The minimum absolute atomic E-state index is 0.122. The highest BCUT2D eigenvalue weighted by Gasteiger charge is 2.22. The van der Waals surface area contributed by atoms with Crippen molar-refractivity contribution in [2.24, 2.45) is 5.73 Å². The van der Waals surface area contributed by atoms with Crippen LogP contribution in [0.2, 0.25) is 5.02 Å². The van der Waals surface area contributed by atoms with E-state index in [4.69, 9.17) is 22.1 Å². The van der Waals surface area contributed by atoms with Gasteiger partial charge in [-0.3, -0.25) is 9.59 Å². The minimum Gasteiger partial charge on any atom is -0.483 e. The summed E-state index contributed by atoms with van der Waals surface area (Å²) in [6.07, 6.45) is 0. The van der Waals surface area contributed by atoms with Crippen LogP contribution in [0.5, 0.6) is 5.75 Å². The third-order valence-corrected chi connectivity index (χ3v) is 4.55. The smallest absolute Gasteiger partial charge is 0.260 e. The van der Waals surface area contributed by atoms with E-state index in [0.717, 1.165) is 18.8 Å². The van der Waals surface area contributed by atoms with Crippen molar-refractivity contribution in [2.75, 3.05) is 37.7 Å². The molecule has 0 unspecified atom stereocenters. The molecule has 6 nitrogen and oxygen atoms in total. The minimum atomic E-state index is -0.647. The maximum absolute atomic E-state index is 12.4. The molecule has 0 aliphatic carbocycles. The van der Waals surface area contributed by atoms with Gasteiger partial charge in [-0.15, -0.1) is 0 Å². The first kappa shape index (κ1) is 18.1. The average Bonchev–Trinajstić information content (AvgIpc) is 2.67. The van der Waals surface area contributed by atoms with E-state index in [1.165, 1.54) is 6.07 Å². The van der Waals surface area contributed by atoms with Crippen molar-refractivity contribution in [1.82, 2.24) is 4.90 Å². The molecule has 0 bridgehead atoms. The van der Waals surface area contributed by atoms with Crippen LogP contribution in [0.1, 0.15) is 10.4 Å². The number of nitrogens with two attached hydrogens (primary N) is 1. The standard InChI is InChI=1S/C19H20ClN3O3/c20-14-6-7-17(16(12-14)19(21)25)26-13-18(24)23-10-8-22(9-11-23)15-4-2-1-3-5-15/h1-7,12H,8-11,13H2,(H2,21,25). The van der Waals surface area contributed by atoms with Gasteiger partial charge in [-0.1, -0.05) is 29.8 Å². The molecule has 0 atom stereocenters. The second-order valence-corrected chi connectivity index (χ2v) is 6.43. The summed E-state index contributed by atoms with van der Waals surface area (Å²) in [7, 11) is 0. The number of rotatable bonds is 5. The molecule has 2 aromatic carbocycles. The lowest BCUT2D eigenvalue weighted by Gasteiger charge is -2.36. The van der Waals surface area contributed by atoms with Crippen LogP contribution in [0.4, 0.5) is 5.69 Å². The summed E-state index contributed by atoms with van der Waals surface area (Å²) in [6.45, 7) is 2.64. The van der Waals surface area contributed by atoms with Crippen molar-refractivity contribution >= 4 is 29.1 Å². The summed E-state index contributed by atoms with van der Waals surface area (Å²) in [6, 6.07) is 14.7. The van der Waals surface area contributed by atoms with Gasteiger partial charge in [0.1, 0.15) is 5.75 Å². The zero-order chi connectivity index (χ0) is 18.5. The summed E-state index contributed by atoms with van der Waals surface area (Å²) < 4.78 is 5.52. The summed E-state index contributed by atoms with van der Waals surface area (Å²) >= 11 is 5.87. The molecule has 7 heteroatoms. The number of primary amides is 1. The fourth-order valence-corrected chi connectivity index (χ4v) is 3.08. The van der Waals surface area contributed by atoms with E-state index >= 15 is 0 Å². The monoisotopic (exact) mass is 373 g/mol. The quantitative estimate of drug-likeness (QED) is 0.871. The Labute approximate surface area is 157 Å². The highest BCUT2D eigenvalue weighted by Crippen LogP contribution is 2.23. The molecule has 3 rings (SSSR count). The van der Waals surface area contributed by atoms with E-state index < -0.39 is 5.91 Å². The number of hydrogen-bond donors (Lipinski definition) is 1. The van der Waals surface area contributed by atoms with E-state index in [2.05, 4.69) is 17.0 Å². The number of carbonyl (C=O) groups excluding carboxylic acids is 2. The van der Waals surface area contributed by atoms with Crippen LogP contribution in [0.15, 0.2) is 48.5 Å². The molecule has 0 aromatic heterocycles. The van der Waals surface area contributed by atoms with Gasteiger partial charge in [0, 0.05) is 36.9 Å². The molecule has 0 radical (unpaired) electrons. The fourth-order valence-electron chi connectivity index (χ4n) is 2.90. The zero-order valence-corrected chi connectivity index (χ0v) is 15.0. The Morgan fingerprint density at radius 2 is 1.73 bits per heavy atom. The summed E-state index contributed by atoms with van der Waals surface area (Å²) in [4.78, 5) is 27.9. The number of anilines is 1. The van der Waals surface area contributed by atoms with Crippen LogP contribution >= 0.6 is 11.6 Å². The second kappa shape index (κ2) is 8.10. The average molecular weight is 374 g/mol. The topological polar surface area (TPSA) is 75.9 Å². The molecule has 0 spiro atoms. The van der Waals surface area contributed by atoms with E-state index in [-0.39, 0.29) is 23.8 Å². The predicted octanol–water partition coefficient (Wildman–Crippen LogP) is 2.17. The molecule has 1 aliphatic heterocycles. The maximum atomic E-state index is 12.4. The molecule has 0 saturated carbocycles. The van der Waals surface area contributed by atoms with Crippen LogP contribution in [0.3, 0.4) is 0 Å². The second-order valence-electron chi connectivity index (χ2n) is 6.00. The predicted molar refractivity (Wildman–Crippen MR) is 101 cm³/mol. The van der Waals surface area contributed by atoms with Gasteiger partial charge in [0.05, 0.1) is 5.56 Å². The third kappa shape index (κ3) is 4.26. The zero-order valence-electron chi connectivity index (χ0n) is 14.2. The molecular formula is C19H20ClN3O3. The lowest BCUT2D eigenvalue weighted by Crippen LogP contribution is -2.50.